The first-order valence-corrected chi connectivity index (χ1v) is 4.18. The Balaban J connectivity index is 3.88. The van der Waals surface area contributed by atoms with Crippen LogP contribution in [-0.2, 0) is 4.79 Å². The third-order valence-electron chi connectivity index (χ3n) is 1.58. The first kappa shape index (κ1) is 11.4. The Kier molecular flexibility index (Phi) is 4.85. The molecule has 0 unspecified atom stereocenters. The minimum atomic E-state index is -0.552. The van der Waals surface area contributed by atoms with Gasteiger partial charge >= 0.3 is 0 Å². The fraction of sp³-hybridized carbons (Fsp3) is 0.875. The Bertz CT molecular complexity index is 146. The van der Waals surface area contributed by atoms with Crippen LogP contribution < -0.4 is 10.6 Å². The maximum absolute atomic E-state index is 11.3. The van der Waals surface area contributed by atoms with E-state index in [1.165, 1.54) is 0 Å². The van der Waals surface area contributed by atoms with Crippen molar-refractivity contribution in [2.24, 2.45) is 0 Å². The summed E-state index contributed by atoms with van der Waals surface area (Å²) in [4.78, 5) is 11.3. The molecule has 1 amide bonds. The van der Waals surface area contributed by atoms with E-state index < -0.39 is 5.54 Å². The highest BCUT2D eigenvalue weighted by atomic mass is 16.3. The molecule has 4 heteroatoms. The number of carbonyl (C=O) groups is 1. The summed E-state index contributed by atoms with van der Waals surface area (Å²) >= 11 is 0. The molecule has 4 nitrogen and oxygen atoms in total. The third kappa shape index (κ3) is 3.69. The van der Waals surface area contributed by atoms with Crippen LogP contribution in [-0.4, -0.2) is 36.2 Å². The Morgan fingerprint density at radius 3 is 2.50 bits per heavy atom. The van der Waals surface area contributed by atoms with Gasteiger partial charge in [0.2, 0.25) is 5.91 Å². The number of hydrogen-bond donors (Lipinski definition) is 3. The van der Waals surface area contributed by atoms with E-state index in [4.69, 9.17) is 5.11 Å². The Hall–Kier alpha value is -0.610. The molecule has 0 aliphatic rings. The molecule has 0 saturated heterocycles. The molecule has 0 aromatic heterocycles. The van der Waals surface area contributed by atoms with Crippen LogP contribution in [0.25, 0.3) is 0 Å². The van der Waals surface area contributed by atoms with E-state index in [1.54, 1.807) is 0 Å². The largest absolute Gasteiger partial charge is 0.395 e. The monoisotopic (exact) mass is 174 g/mol. The number of carbonyl (C=O) groups excluding carboxylic acids is 1. The lowest BCUT2D eigenvalue weighted by molar-refractivity contribution is -0.126. The predicted molar refractivity (Wildman–Crippen MR) is 47.9 cm³/mol. The number of likely N-dealkylation sites (N-methyl/N-ethyl adjacent to an activating group) is 1. The summed E-state index contributed by atoms with van der Waals surface area (Å²) in [5, 5.41) is 14.1. The standard InChI is InChI=1S/C8H18N2O2/c1-4-10-8(2,3)7(12)9-5-6-11/h10-11H,4-6H2,1-3H3,(H,9,12). The fourth-order valence-electron chi connectivity index (χ4n) is 0.913. The highest BCUT2D eigenvalue weighted by Crippen LogP contribution is 2.00. The zero-order chi connectivity index (χ0) is 9.61. The van der Waals surface area contributed by atoms with Crippen LogP contribution in [0.1, 0.15) is 20.8 Å². The second-order valence-corrected chi connectivity index (χ2v) is 3.13. The van der Waals surface area contributed by atoms with Crippen LogP contribution in [0.5, 0.6) is 0 Å². The van der Waals surface area contributed by atoms with Gasteiger partial charge in [-0.2, -0.15) is 0 Å². The van der Waals surface area contributed by atoms with E-state index in [9.17, 15) is 4.79 Å². The second-order valence-electron chi connectivity index (χ2n) is 3.13. The second kappa shape index (κ2) is 5.11. The molecule has 0 aliphatic carbocycles. The van der Waals surface area contributed by atoms with E-state index in [-0.39, 0.29) is 12.5 Å². The maximum Gasteiger partial charge on any atom is 0.239 e. The van der Waals surface area contributed by atoms with Crippen molar-refractivity contribution >= 4 is 5.91 Å². The summed E-state index contributed by atoms with van der Waals surface area (Å²) in [7, 11) is 0. The average Bonchev–Trinajstić information content (AvgIpc) is 2.00. The number of amides is 1. The molecule has 0 bridgehead atoms. The van der Waals surface area contributed by atoms with E-state index in [0.717, 1.165) is 6.54 Å². The number of aliphatic hydroxyl groups is 1. The van der Waals surface area contributed by atoms with E-state index in [0.29, 0.717) is 6.54 Å². The molecule has 0 fully saturated rings. The van der Waals surface area contributed by atoms with Gasteiger partial charge in [0.1, 0.15) is 0 Å². The van der Waals surface area contributed by atoms with Gasteiger partial charge in [-0.15, -0.1) is 0 Å². The SMILES string of the molecule is CCNC(C)(C)C(=O)NCCO. The third-order valence-corrected chi connectivity index (χ3v) is 1.58. The van der Waals surface area contributed by atoms with Gasteiger partial charge in [-0.1, -0.05) is 6.92 Å². The minimum absolute atomic E-state index is 0.0199. The Morgan fingerprint density at radius 1 is 1.50 bits per heavy atom. The smallest absolute Gasteiger partial charge is 0.239 e. The van der Waals surface area contributed by atoms with E-state index in [1.807, 2.05) is 20.8 Å². The van der Waals surface area contributed by atoms with Gasteiger partial charge in [-0.25, -0.2) is 0 Å². The molecular formula is C8H18N2O2. The molecule has 0 aliphatic heterocycles. The summed E-state index contributed by atoms with van der Waals surface area (Å²) in [5.74, 6) is -0.0848. The van der Waals surface area contributed by atoms with Crippen molar-refractivity contribution in [2.45, 2.75) is 26.3 Å². The predicted octanol–water partition coefficient (Wildman–Crippen LogP) is -0.517. The maximum atomic E-state index is 11.3. The normalized spacial score (nSPS) is 11.3. The Morgan fingerprint density at radius 2 is 2.08 bits per heavy atom. The van der Waals surface area contributed by atoms with Gasteiger partial charge in [0.05, 0.1) is 12.1 Å². The highest BCUT2D eigenvalue weighted by Gasteiger charge is 2.25. The Labute approximate surface area is 73.3 Å². The molecule has 0 aromatic rings. The summed E-state index contributed by atoms with van der Waals surface area (Å²) in [5.41, 5.74) is -0.552. The summed E-state index contributed by atoms with van der Waals surface area (Å²) in [6.07, 6.45) is 0. The molecule has 12 heavy (non-hydrogen) atoms. The van der Waals surface area contributed by atoms with Gasteiger partial charge in [-0.05, 0) is 20.4 Å². The average molecular weight is 174 g/mol. The molecule has 0 aromatic carbocycles. The fourth-order valence-corrected chi connectivity index (χ4v) is 0.913. The summed E-state index contributed by atoms with van der Waals surface area (Å²) in [6, 6.07) is 0. The summed E-state index contributed by atoms with van der Waals surface area (Å²) < 4.78 is 0. The van der Waals surface area contributed by atoms with Crippen LogP contribution >= 0.6 is 0 Å². The minimum Gasteiger partial charge on any atom is -0.395 e. The van der Waals surface area contributed by atoms with Crippen molar-refractivity contribution in [3.63, 3.8) is 0 Å². The van der Waals surface area contributed by atoms with Gasteiger partial charge in [-0.3, -0.25) is 4.79 Å². The van der Waals surface area contributed by atoms with Gasteiger partial charge in [0.25, 0.3) is 0 Å². The number of rotatable bonds is 5. The van der Waals surface area contributed by atoms with Crippen LogP contribution in [0.15, 0.2) is 0 Å². The van der Waals surface area contributed by atoms with Crippen LogP contribution in [0.3, 0.4) is 0 Å². The first-order valence-electron chi connectivity index (χ1n) is 4.18. The van der Waals surface area contributed by atoms with E-state index in [2.05, 4.69) is 10.6 Å². The zero-order valence-electron chi connectivity index (χ0n) is 7.98. The van der Waals surface area contributed by atoms with Gasteiger partial charge in [0, 0.05) is 6.54 Å². The number of hydrogen-bond acceptors (Lipinski definition) is 3. The van der Waals surface area contributed by atoms with E-state index >= 15 is 0 Å². The highest BCUT2D eigenvalue weighted by molar-refractivity contribution is 5.85. The van der Waals surface area contributed by atoms with Crippen LogP contribution in [0.4, 0.5) is 0 Å². The molecule has 0 spiro atoms. The van der Waals surface area contributed by atoms with Crippen molar-refractivity contribution < 1.29 is 9.90 Å². The van der Waals surface area contributed by atoms with Crippen LogP contribution in [0, 0.1) is 0 Å². The quantitative estimate of drug-likeness (QED) is 0.526. The zero-order valence-corrected chi connectivity index (χ0v) is 7.98. The van der Waals surface area contributed by atoms with Crippen molar-refractivity contribution in [1.82, 2.24) is 10.6 Å². The topological polar surface area (TPSA) is 61.4 Å². The lowest BCUT2D eigenvalue weighted by Gasteiger charge is -2.24. The lowest BCUT2D eigenvalue weighted by atomic mass is 10.1. The number of aliphatic hydroxyl groups excluding tert-OH is 1. The van der Waals surface area contributed by atoms with Gasteiger partial charge in [0.15, 0.2) is 0 Å². The first-order chi connectivity index (χ1) is 5.54. The molecule has 0 radical (unpaired) electrons. The molecule has 0 rings (SSSR count). The number of nitrogens with one attached hydrogen (secondary N) is 2. The molecule has 3 N–H and O–H groups in total. The van der Waals surface area contributed by atoms with Crippen molar-refractivity contribution in [3.05, 3.63) is 0 Å². The van der Waals surface area contributed by atoms with Gasteiger partial charge < -0.3 is 15.7 Å². The summed E-state index contributed by atoms with van der Waals surface area (Å²) in [6.45, 7) is 6.61. The molecular weight excluding hydrogens is 156 g/mol. The van der Waals surface area contributed by atoms with Crippen LogP contribution in [0.2, 0.25) is 0 Å². The molecule has 72 valence electrons. The van der Waals surface area contributed by atoms with Crippen molar-refractivity contribution in [2.75, 3.05) is 19.7 Å². The van der Waals surface area contributed by atoms with Crippen molar-refractivity contribution in [1.29, 1.82) is 0 Å². The molecule has 0 atom stereocenters. The molecule has 0 saturated carbocycles. The molecule has 0 heterocycles. The van der Waals surface area contributed by atoms with Crippen molar-refractivity contribution in [3.8, 4) is 0 Å². The lowest BCUT2D eigenvalue weighted by Crippen LogP contribution is -2.52.